The van der Waals surface area contributed by atoms with Crippen molar-refractivity contribution in [2.45, 2.75) is 23.6 Å². The fourth-order valence-electron chi connectivity index (χ4n) is 2.27. The third-order valence-electron chi connectivity index (χ3n) is 3.29. The second-order valence-electron chi connectivity index (χ2n) is 5.15. The fourth-order valence-corrected chi connectivity index (χ4v) is 4.38. The molecule has 0 aliphatic heterocycles. The van der Waals surface area contributed by atoms with Gasteiger partial charge in [0.15, 0.2) is 5.78 Å². The molecule has 1 heterocycles. The van der Waals surface area contributed by atoms with E-state index < -0.39 is 55.2 Å². The number of halogens is 3. The first-order valence-corrected chi connectivity index (χ1v) is 9.69. The minimum absolute atomic E-state index is 0.0529. The average molecular weight is 432 g/mol. The Hall–Kier alpha value is -2.33. The zero-order valence-electron chi connectivity index (χ0n) is 14.8. The van der Waals surface area contributed by atoms with Gasteiger partial charge in [-0.3, -0.25) is 4.79 Å². The number of alkyl halides is 3. The van der Waals surface area contributed by atoms with Crippen LogP contribution in [0.2, 0.25) is 0 Å². The zero-order valence-corrected chi connectivity index (χ0v) is 16.4. The van der Waals surface area contributed by atoms with Crippen LogP contribution in [0.15, 0.2) is 34.5 Å². The molecule has 0 unspecified atom stereocenters. The summed E-state index contributed by atoms with van der Waals surface area (Å²) in [5.74, 6) is -2.87. The van der Waals surface area contributed by atoms with E-state index >= 15 is 0 Å². The van der Waals surface area contributed by atoms with Gasteiger partial charge in [0, 0.05) is 5.56 Å². The molecule has 5 nitrogen and oxygen atoms in total. The van der Waals surface area contributed by atoms with Crippen LogP contribution in [0.4, 0.5) is 13.2 Å². The van der Waals surface area contributed by atoms with Crippen LogP contribution >= 0.6 is 23.1 Å². The Morgan fingerprint density at radius 2 is 1.54 bits per heavy atom. The Labute approximate surface area is 166 Å². The molecule has 2 rings (SSSR count). The summed E-state index contributed by atoms with van der Waals surface area (Å²) in [5, 5.41) is 0. The van der Waals surface area contributed by atoms with Gasteiger partial charge < -0.3 is 9.47 Å². The summed E-state index contributed by atoms with van der Waals surface area (Å²) >= 11 is -0.177. The largest absolute Gasteiger partial charge is 0.462 e. The monoisotopic (exact) mass is 432 g/mol. The lowest BCUT2D eigenvalue weighted by Crippen LogP contribution is -2.16. The first kappa shape index (κ1) is 22.0. The quantitative estimate of drug-likeness (QED) is 0.351. The molecule has 2 aromatic rings. The molecule has 0 aliphatic carbocycles. The van der Waals surface area contributed by atoms with Crippen molar-refractivity contribution in [1.29, 1.82) is 0 Å². The molecule has 150 valence electrons. The summed E-state index contributed by atoms with van der Waals surface area (Å²) in [6, 6.07) is 7.51. The Morgan fingerprint density at radius 1 is 0.964 bits per heavy atom. The third kappa shape index (κ3) is 5.14. The molecule has 0 aliphatic rings. The number of ketones is 1. The van der Waals surface area contributed by atoms with E-state index in [2.05, 4.69) is 0 Å². The minimum Gasteiger partial charge on any atom is -0.462 e. The second-order valence-corrected chi connectivity index (χ2v) is 7.51. The summed E-state index contributed by atoms with van der Waals surface area (Å²) in [6.45, 7) is 2.87. The molecule has 0 fully saturated rings. The van der Waals surface area contributed by atoms with E-state index in [1.165, 1.54) is 38.1 Å². The SMILES string of the molecule is CCOC(=O)c1sc(SC(F)(F)F)c(C(=O)c2ccccc2)c1C(=O)OCC. The summed E-state index contributed by atoms with van der Waals surface area (Å²) in [6.07, 6.45) is 0. The fraction of sp³-hybridized carbons (Fsp3) is 0.278. The topological polar surface area (TPSA) is 69.7 Å². The van der Waals surface area contributed by atoms with Crippen molar-refractivity contribution in [2.75, 3.05) is 13.2 Å². The van der Waals surface area contributed by atoms with Gasteiger partial charge in [0.2, 0.25) is 0 Å². The average Bonchev–Trinajstić information content (AvgIpc) is 2.99. The summed E-state index contributed by atoms with van der Waals surface area (Å²) in [5.41, 5.74) is -5.68. The van der Waals surface area contributed by atoms with Crippen molar-refractivity contribution in [3.8, 4) is 0 Å². The van der Waals surface area contributed by atoms with Gasteiger partial charge in [-0.15, -0.1) is 11.3 Å². The Balaban J connectivity index is 2.73. The van der Waals surface area contributed by atoms with Crippen LogP contribution in [0.1, 0.15) is 49.8 Å². The number of rotatable bonds is 7. The van der Waals surface area contributed by atoms with Gasteiger partial charge in [0.05, 0.1) is 28.5 Å². The predicted molar refractivity (Wildman–Crippen MR) is 98.0 cm³/mol. The van der Waals surface area contributed by atoms with Crippen molar-refractivity contribution < 1.29 is 37.0 Å². The number of carbonyl (C=O) groups is 3. The molecule has 0 bridgehead atoms. The highest BCUT2D eigenvalue weighted by Crippen LogP contribution is 2.45. The standard InChI is InChI=1S/C18H15F3O5S2/c1-3-25-15(23)12-11(13(22)10-8-6-5-7-9-10)17(28-18(19,20)21)27-14(12)16(24)26-4-2/h5-9H,3-4H2,1-2H3. The lowest BCUT2D eigenvalue weighted by atomic mass is 10.0. The molecule has 0 atom stereocenters. The first-order chi connectivity index (χ1) is 13.2. The van der Waals surface area contributed by atoms with Crippen molar-refractivity contribution in [1.82, 2.24) is 0 Å². The van der Waals surface area contributed by atoms with Gasteiger partial charge in [0.1, 0.15) is 4.88 Å². The van der Waals surface area contributed by atoms with Crippen molar-refractivity contribution >= 4 is 40.8 Å². The summed E-state index contributed by atoms with van der Waals surface area (Å²) < 4.78 is 48.4. The van der Waals surface area contributed by atoms with Crippen LogP contribution in [-0.2, 0) is 9.47 Å². The van der Waals surface area contributed by atoms with Gasteiger partial charge in [-0.05, 0) is 25.6 Å². The number of hydrogen-bond donors (Lipinski definition) is 0. The summed E-state index contributed by atoms with van der Waals surface area (Å²) in [7, 11) is 0. The zero-order chi connectivity index (χ0) is 20.9. The molecule has 0 N–H and O–H groups in total. The molecule has 28 heavy (non-hydrogen) atoms. The highest BCUT2D eigenvalue weighted by molar-refractivity contribution is 8.02. The molecule has 1 aromatic heterocycles. The smallest absolute Gasteiger partial charge is 0.447 e. The van der Waals surface area contributed by atoms with Gasteiger partial charge in [-0.2, -0.15) is 13.2 Å². The van der Waals surface area contributed by atoms with Gasteiger partial charge >= 0.3 is 17.4 Å². The van der Waals surface area contributed by atoms with Gasteiger partial charge in [-0.1, -0.05) is 30.3 Å². The number of carbonyl (C=O) groups excluding carboxylic acids is 3. The molecule has 0 amide bonds. The molecule has 0 saturated heterocycles. The molecule has 1 aromatic carbocycles. The van der Waals surface area contributed by atoms with Gasteiger partial charge in [-0.25, -0.2) is 9.59 Å². The van der Waals surface area contributed by atoms with Gasteiger partial charge in [0.25, 0.3) is 0 Å². The predicted octanol–water partition coefficient (Wildman–Crippen LogP) is 4.94. The maximum Gasteiger partial charge on any atom is 0.447 e. The number of esters is 2. The summed E-state index contributed by atoms with van der Waals surface area (Å²) in [4.78, 5) is 37.2. The van der Waals surface area contributed by atoms with E-state index in [-0.39, 0.29) is 18.8 Å². The molecular weight excluding hydrogens is 417 g/mol. The van der Waals surface area contributed by atoms with E-state index in [1.807, 2.05) is 0 Å². The highest BCUT2D eigenvalue weighted by atomic mass is 32.2. The van der Waals surface area contributed by atoms with Crippen LogP contribution in [-0.4, -0.2) is 36.4 Å². The second kappa shape index (κ2) is 9.24. The van der Waals surface area contributed by atoms with Crippen molar-refractivity contribution in [3.63, 3.8) is 0 Å². The number of thioether (sulfide) groups is 1. The number of thiophene rings is 1. The molecular formula is C18H15F3O5S2. The minimum atomic E-state index is -4.73. The first-order valence-electron chi connectivity index (χ1n) is 8.06. The van der Waals surface area contributed by atoms with Crippen LogP contribution in [0.3, 0.4) is 0 Å². The van der Waals surface area contributed by atoms with Crippen LogP contribution in [0, 0.1) is 0 Å². The normalized spacial score (nSPS) is 11.2. The highest BCUT2D eigenvalue weighted by Gasteiger charge is 2.39. The maximum absolute atomic E-state index is 13.1. The molecule has 0 saturated carbocycles. The lowest BCUT2D eigenvalue weighted by molar-refractivity contribution is -0.0327. The van der Waals surface area contributed by atoms with E-state index in [9.17, 15) is 27.6 Å². The Kier molecular flexibility index (Phi) is 7.25. The van der Waals surface area contributed by atoms with Crippen LogP contribution in [0.25, 0.3) is 0 Å². The Morgan fingerprint density at radius 3 is 2.07 bits per heavy atom. The maximum atomic E-state index is 13.1. The third-order valence-corrected chi connectivity index (χ3v) is 5.37. The number of hydrogen-bond acceptors (Lipinski definition) is 7. The van der Waals surface area contributed by atoms with E-state index in [1.54, 1.807) is 6.07 Å². The molecule has 0 spiro atoms. The van der Waals surface area contributed by atoms with Crippen LogP contribution < -0.4 is 0 Å². The van der Waals surface area contributed by atoms with E-state index in [0.29, 0.717) is 11.3 Å². The van der Waals surface area contributed by atoms with E-state index in [0.717, 1.165) is 0 Å². The molecule has 0 radical (unpaired) electrons. The lowest BCUT2D eigenvalue weighted by Gasteiger charge is -2.09. The van der Waals surface area contributed by atoms with Crippen molar-refractivity contribution in [3.05, 3.63) is 51.9 Å². The Bertz CT molecular complexity index is 875. The van der Waals surface area contributed by atoms with Crippen molar-refractivity contribution in [2.24, 2.45) is 0 Å². The van der Waals surface area contributed by atoms with E-state index in [4.69, 9.17) is 9.47 Å². The number of benzene rings is 1. The number of ether oxygens (including phenoxy) is 2. The molecule has 10 heteroatoms. The van der Waals surface area contributed by atoms with Crippen LogP contribution in [0.5, 0.6) is 0 Å².